The summed E-state index contributed by atoms with van der Waals surface area (Å²) in [6, 6.07) is 13.0. The maximum Gasteiger partial charge on any atom is 0.276 e. The van der Waals surface area contributed by atoms with E-state index in [1.165, 1.54) is 24.5 Å². The summed E-state index contributed by atoms with van der Waals surface area (Å²) >= 11 is 0. The summed E-state index contributed by atoms with van der Waals surface area (Å²) in [5.74, 6) is -1.76. The fourth-order valence-corrected chi connectivity index (χ4v) is 2.21. The minimum atomic E-state index is -0.656. The molecule has 6 nitrogen and oxygen atoms in total. The summed E-state index contributed by atoms with van der Waals surface area (Å²) in [5.41, 5.74) is 1.54. The lowest BCUT2D eigenvalue weighted by Gasteiger charge is -2.07. The van der Waals surface area contributed by atoms with Gasteiger partial charge in [0.25, 0.3) is 11.8 Å². The Morgan fingerprint density at radius 3 is 2.44 bits per heavy atom. The predicted octanol–water partition coefficient (Wildman–Crippen LogP) is 3.36. The van der Waals surface area contributed by atoms with Crippen molar-refractivity contribution in [2.45, 2.75) is 6.92 Å². The monoisotopic (exact) mass is 338 g/mol. The number of aromatic nitrogens is 2. The zero-order valence-corrected chi connectivity index (χ0v) is 13.3. The number of anilines is 2. The number of imidazole rings is 1. The van der Waals surface area contributed by atoms with Gasteiger partial charge in [-0.2, -0.15) is 0 Å². The van der Waals surface area contributed by atoms with Crippen molar-refractivity contribution >= 4 is 23.2 Å². The van der Waals surface area contributed by atoms with Crippen LogP contribution in [0, 0.1) is 12.7 Å². The van der Waals surface area contributed by atoms with Gasteiger partial charge in [-0.1, -0.05) is 29.8 Å². The van der Waals surface area contributed by atoms with Gasteiger partial charge in [-0.05, 0) is 31.2 Å². The molecule has 0 aliphatic rings. The van der Waals surface area contributed by atoms with Crippen LogP contribution in [0.15, 0.2) is 54.9 Å². The van der Waals surface area contributed by atoms with Crippen molar-refractivity contribution in [3.05, 3.63) is 77.6 Å². The van der Waals surface area contributed by atoms with Crippen LogP contribution in [0.2, 0.25) is 0 Å². The molecule has 0 saturated heterocycles. The summed E-state index contributed by atoms with van der Waals surface area (Å²) in [4.78, 5) is 31.2. The second kappa shape index (κ2) is 6.96. The van der Waals surface area contributed by atoms with Crippen molar-refractivity contribution in [3.63, 3.8) is 0 Å². The maximum absolute atomic E-state index is 13.7. The Kier molecular flexibility index (Phi) is 4.56. The number of H-pyrrole nitrogens is 1. The summed E-state index contributed by atoms with van der Waals surface area (Å²) in [5, 5.41) is 5.08. The van der Waals surface area contributed by atoms with Crippen LogP contribution in [0.3, 0.4) is 0 Å². The summed E-state index contributed by atoms with van der Waals surface area (Å²) in [6.07, 6.45) is 1.24. The van der Waals surface area contributed by atoms with E-state index in [1.54, 1.807) is 18.2 Å². The van der Waals surface area contributed by atoms with Crippen LogP contribution in [0.1, 0.15) is 26.5 Å². The molecule has 0 spiro atoms. The highest BCUT2D eigenvalue weighted by Gasteiger charge is 2.21. The van der Waals surface area contributed by atoms with E-state index < -0.39 is 17.6 Å². The van der Waals surface area contributed by atoms with E-state index >= 15 is 0 Å². The smallest absolute Gasteiger partial charge is 0.276 e. The minimum absolute atomic E-state index is 0.0204. The first-order valence-electron chi connectivity index (χ1n) is 7.52. The number of hydrogen-bond donors (Lipinski definition) is 3. The van der Waals surface area contributed by atoms with Crippen molar-refractivity contribution in [2.24, 2.45) is 0 Å². The van der Waals surface area contributed by atoms with Crippen LogP contribution in [0.4, 0.5) is 15.8 Å². The van der Waals surface area contributed by atoms with E-state index in [0.29, 0.717) is 5.69 Å². The van der Waals surface area contributed by atoms with Crippen LogP contribution in [0.25, 0.3) is 0 Å². The molecule has 3 rings (SSSR count). The van der Waals surface area contributed by atoms with Crippen molar-refractivity contribution in [2.75, 3.05) is 10.6 Å². The fourth-order valence-electron chi connectivity index (χ4n) is 2.21. The Morgan fingerprint density at radius 2 is 1.72 bits per heavy atom. The number of amides is 2. The van der Waals surface area contributed by atoms with E-state index in [-0.39, 0.29) is 17.1 Å². The van der Waals surface area contributed by atoms with E-state index in [1.807, 2.05) is 19.1 Å². The Labute approximate surface area is 143 Å². The van der Waals surface area contributed by atoms with E-state index in [9.17, 15) is 14.0 Å². The molecule has 0 aliphatic heterocycles. The Hall–Kier alpha value is -3.48. The molecule has 0 aliphatic carbocycles. The summed E-state index contributed by atoms with van der Waals surface area (Å²) in [6.45, 7) is 1.93. The number of nitrogens with one attached hydrogen (secondary N) is 3. The van der Waals surface area contributed by atoms with Gasteiger partial charge in [-0.3, -0.25) is 9.59 Å². The molecule has 0 saturated carbocycles. The number of para-hydroxylation sites is 1. The second-order valence-corrected chi connectivity index (χ2v) is 5.38. The summed E-state index contributed by atoms with van der Waals surface area (Å²) in [7, 11) is 0. The molecule has 1 aromatic heterocycles. The molecule has 0 radical (unpaired) electrons. The van der Waals surface area contributed by atoms with Crippen LogP contribution in [0.5, 0.6) is 0 Å². The van der Waals surface area contributed by atoms with E-state index in [0.717, 1.165) is 5.56 Å². The number of carbonyl (C=O) groups is 2. The topological polar surface area (TPSA) is 86.9 Å². The average molecular weight is 338 g/mol. The van der Waals surface area contributed by atoms with Crippen LogP contribution < -0.4 is 10.6 Å². The Balaban J connectivity index is 1.77. The lowest BCUT2D eigenvalue weighted by Crippen LogP contribution is -2.20. The lowest BCUT2D eigenvalue weighted by atomic mass is 10.2. The van der Waals surface area contributed by atoms with Crippen molar-refractivity contribution < 1.29 is 14.0 Å². The molecule has 25 heavy (non-hydrogen) atoms. The predicted molar refractivity (Wildman–Crippen MR) is 92.1 cm³/mol. The number of aryl methyl sites for hydroxylation is 1. The van der Waals surface area contributed by atoms with Gasteiger partial charge in [-0.25, -0.2) is 9.37 Å². The third-order valence-electron chi connectivity index (χ3n) is 3.51. The highest BCUT2D eigenvalue weighted by molar-refractivity contribution is 6.13. The van der Waals surface area contributed by atoms with E-state index in [2.05, 4.69) is 20.6 Å². The van der Waals surface area contributed by atoms with Gasteiger partial charge in [0.2, 0.25) is 0 Å². The van der Waals surface area contributed by atoms with Crippen molar-refractivity contribution in [3.8, 4) is 0 Å². The van der Waals surface area contributed by atoms with Crippen LogP contribution in [-0.2, 0) is 0 Å². The second-order valence-electron chi connectivity index (χ2n) is 5.38. The first-order chi connectivity index (χ1) is 12.0. The molecule has 2 aromatic carbocycles. The van der Waals surface area contributed by atoms with Gasteiger partial charge in [0, 0.05) is 5.69 Å². The number of halogens is 1. The average Bonchev–Trinajstić information content (AvgIpc) is 3.09. The van der Waals surface area contributed by atoms with Gasteiger partial charge in [0.05, 0.1) is 12.0 Å². The molecular formula is C18H15FN4O2. The number of rotatable bonds is 4. The quantitative estimate of drug-likeness (QED) is 0.682. The molecule has 0 bridgehead atoms. The van der Waals surface area contributed by atoms with Gasteiger partial charge in [-0.15, -0.1) is 0 Å². The zero-order chi connectivity index (χ0) is 17.8. The van der Waals surface area contributed by atoms with Gasteiger partial charge < -0.3 is 15.6 Å². The molecule has 0 fully saturated rings. The van der Waals surface area contributed by atoms with Crippen molar-refractivity contribution in [1.29, 1.82) is 0 Å². The maximum atomic E-state index is 13.7. The third kappa shape index (κ3) is 3.72. The molecule has 0 unspecified atom stereocenters. The van der Waals surface area contributed by atoms with Crippen LogP contribution >= 0.6 is 0 Å². The molecule has 3 aromatic rings. The number of benzene rings is 2. The number of carbonyl (C=O) groups excluding carboxylic acids is 2. The summed E-state index contributed by atoms with van der Waals surface area (Å²) < 4.78 is 13.7. The molecule has 1 heterocycles. The first-order valence-corrected chi connectivity index (χ1v) is 7.52. The van der Waals surface area contributed by atoms with Crippen LogP contribution in [-0.4, -0.2) is 21.8 Å². The van der Waals surface area contributed by atoms with Gasteiger partial charge in [0.15, 0.2) is 5.69 Å². The van der Waals surface area contributed by atoms with Gasteiger partial charge >= 0.3 is 0 Å². The molecule has 7 heteroatoms. The number of nitrogens with zero attached hydrogens (tertiary/aromatic N) is 1. The van der Waals surface area contributed by atoms with Gasteiger partial charge in [0.1, 0.15) is 11.5 Å². The number of aromatic amines is 1. The minimum Gasteiger partial charge on any atom is -0.340 e. The first kappa shape index (κ1) is 16.4. The molecule has 126 valence electrons. The molecule has 3 N–H and O–H groups in total. The third-order valence-corrected chi connectivity index (χ3v) is 3.51. The molecular weight excluding hydrogens is 323 g/mol. The fraction of sp³-hybridized carbons (Fsp3) is 0.0556. The number of hydrogen-bond acceptors (Lipinski definition) is 3. The normalized spacial score (nSPS) is 10.3. The lowest BCUT2D eigenvalue weighted by molar-refractivity contribution is 0.0985. The molecule has 2 amide bonds. The largest absolute Gasteiger partial charge is 0.340 e. The zero-order valence-electron chi connectivity index (χ0n) is 13.3. The molecule has 0 atom stereocenters. The highest BCUT2D eigenvalue weighted by atomic mass is 19.1. The standard InChI is InChI=1S/C18H15FN4O2/c1-11-6-8-12(9-7-11)22-17(24)15-16(21-10-20-15)18(25)23-14-5-3-2-4-13(14)19/h2-10H,1H3,(H,20,21)(H,22,24)(H,23,25). The highest BCUT2D eigenvalue weighted by Crippen LogP contribution is 2.16. The Bertz CT molecular complexity index is 919. The van der Waals surface area contributed by atoms with Crippen molar-refractivity contribution in [1.82, 2.24) is 9.97 Å². The SMILES string of the molecule is Cc1ccc(NC(=O)c2nc[nH]c2C(=O)Nc2ccccc2F)cc1. The Morgan fingerprint density at radius 1 is 1.00 bits per heavy atom. The van der Waals surface area contributed by atoms with E-state index in [4.69, 9.17) is 0 Å².